The third-order valence-corrected chi connectivity index (χ3v) is 3.94. The number of aromatic nitrogens is 2. The summed E-state index contributed by atoms with van der Waals surface area (Å²) in [5.41, 5.74) is 3.81. The molecule has 102 valence electrons. The molecule has 0 saturated carbocycles. The van der Waals surface area contributed by atoms with E-state index in [1.54, 1.807) is 12.1 Å². The highest BCUT2D eigenvalue weighted by atomic mass is 35.5. The third-order valence-electron chi connectivity index (χ3n) is 3.15. The van der Waals surface area contributed by atoms with Crippen LogP contribution in [0.25, 0.3) is 16.7 Å². The Labute approximate surface area is 131 Å². The van der Waals surface area contributed by atoms with Crippen molar-refractivity contribution in [1.82, 2.24) is 9.55 Å². The molecule has 0 unspecified atom stereocenters. The highest BCUT2D eigenvalue weighted by Gasteiger charge is 2.14. The maximum atomic E-state index is 6.30. The third kappa shape index (κ3) is 2.28. The Balaban J connectivity index is 2.37. The van der Waals surface area contributed by atoms with Crippen LogP contribution in [-0.2, 0) is 5.88 Å². The van der Waals surface area contributed by atoms with E-state index in [1.807, 2.05) is 35.8 Å². The van der Waals surface area contributed by atoms with E-state index in [4.69, 9.17) is 34.8 Å². The summed E-state index contributed by atoms with van der Waals surface area (Å²) in [5.74, 6) is 1.05. The fourth-order valence-electron chi connectivity index (χ4n) is 2.26. The second-order valence-corrected chi connectivity index (χ2v) is 5.70. The number of hydrogen-bond donors (Lipinski definition) is 0. The topological polar surface area (TPSA) is 17.8 Å². The Morgan fingerprint density at radius 1 is 1.10 bits per heavy atom. The molecule has 2 aromatic carbocycles. The van der Waals surface area contributed by atoms with Crippen molar-refractivity contribution >= 4 is 45.8 Å². The average Bonchev–Trinajstić information content (AvgIpc) is 2.78. The summed E-state index contributed by atoms with van der Waals surface area (Å²) >= 11 is 18.4. The Kier molecular flexibility index (Phi) is 3.63. The summed E-state index contributed by atoms with van der Waals surface area (Å²) in [6.45, 7) is 2.03. The zero-order valence-corrected chi connectivity index (χ0v) is 13.0. The number of nitrogens with zero attached hydrogens (tertiary/aromatic N) is 2. The van der Waals surface area contributed by atoms with Gasteiger partial charge in [-0.05, 0) is 42.8 Å². The summed E-state index contributed by atoms with van der Waals surface area (Å²) in [4.78, 5) is 4.57. The predicted molar refractivity (Wildman–Crippen MR) is 85.4 cm³/mol. The molecule has 5 heteroatoms. The number of rotatable bonds is 2. The number of imidazole rings is 1. The highest BCUT2D eigenvalue weighted by molar-refractivity contribution is 6.34. The summed E-state index contributed by atoms with van der Waals surface area (Å²) < 4.78 is 1.95. The summed E-state index contributed by atoms with van der Waals surface area (Å²) in [5, 5.41) is 1.24. The molecule has 0 aliphatic heterocycles. The zero-order valence-electron chi connectivity index (χ0n) is 10.7. The van der Waals surface area contributed by atoms with Gasteiger partial charge >= 0.3 is 0 Å². The van der Waals surface area contributed by atoms with Gasteiger partial charge in [-0.3, -0.25) is 4.57 Å². The van der Waals surface area contributed by atoms with Crippen LogP contribution in [0.2, 0.25) is 10.0 Å². The van der Waals surface area contributed by atoms with Crippen LogP contribution in [0.3, 0.4) is 0 Å². The van der Waals surface area contributed by atoms with Gasteiger partial charge in [0.1, 0.15) is 5.82 Å². The molecule has 0 spiro atoms. The lowest BCUT2D eigenvalue weighted by Crippen LogP contribution is -2.00. The van der Waals surface area contributed by atoms with Gasteiger partial charge in [-0.15, -0.1) is 11.6 Å². The quantitative estimate of drug-likeness (QED) is 0.578. The van der Waals surface area contributed by atoms with Crippen LogP contribution < -0.4 is 0 Å². The van der Waals surface area contributed by atoms with E-state index in [-0.39, 0.29) is 0 Å². The van der Waals surface area contributed by atoms with Crippen LogP contribution in [-0.4, -0.2) is 9.55 Å². The number of halogens is 3. The van der Waals surface area contributed by atoms with Crippen molar-refractivity contribution in [2.75, 3.05) is 0 Å². The molecule has 0 amide bonds. The van der Waals surface area contributed by atoms with E-state index in [2.05, 4.69) is 4.98 Å². The predicted octanol–water partition coefficient (Wildman–Crippen LogP) is 5.38. The van der Waals surface area contributed by atoms with E-state index < -0.39 is 0 Å². The van der Waals surface area contributed by atoms with Gasteiger partial charge < -0.3 is 0 Å². The van der Waals surface area contributed by atoms with Crippen LogP contribution in [0, 0.1) is 6.92 Å². The molecule has 0 saturated heterocycles. The molecule has 0 radical (unpaired) electrons. The molecule has 0 aliphatic carbocycles. The lowest BCUT2D eigenvalue weighted by Gasteiger charge is -2.10. The molecular weight excluding hydrogens is 315 g/mol. The van der Waals surface area contributed by atoms with E-state index in [0.29, 0.717) is 15.9 Å². The molecule has 0 N–H and O–H groups in total. The number of fused-ring (bicyclic) bond motifs is 1. The van der Waals surface area contributed by atoms with Crippen molar-refractivity contribution in [1.29, 1.82) is 0 Å². The second-order valence-electron chi connectivity index (χ2n) is 4.58. The van der Waals surface area contributed by atoms with Crippen molar-refractivity contribution in [3.8, 4) is 5.69 Å². The van der Waals surface area contributed by atoms with Gasteiger partial charge in [0.25, 0.3) is 0 Å². The molecule has 1 aromatic heterocycles. The number of benzene rings is 2. The van der Waals surface area contributed by atoms with E-state index in [9.17, 15) is 0 Å². The first-order valence-corrected chi connectivity index (χ1v) is 7.38. The number of alkyl halides is 1. The molecule has 3 rings (SSSR count). The fourth-order valence-corrected chi connectivity index (χ4v) is 2.80. The Hall–Kier alpha value is -1.22. The van der Waals surface area contributed by atoms with E-state index in [0.717, 1.165) is 28.1 Å². The van der Waals surface area contributed by atoms with Gasteiger partial charge in [-0.1, -0.05) is 29.3 Å². The van der Waals surface area contributed by atoms with Crippen LogP contribution in [0.15, 0.2) is 36.4 Å². The minimum atomic E-state index is 0.302. The van der Waals surface area contributed by atoms with Crippen LogP contribution in [0.1, 0.15) is 11.4 Å². The molecule has 1 heterocycles. The van der Waals surface area contributed by atoms with Gasteiger partial charge in [-0.2, -0.15) is 0 Å². The largest absolute Gasteiger partial charge is 0.294 e. The van der Waals surface area contributed by atoms with Gasteiger partial charge in [0, 0.05) is 5.02 Å². The number of aryl methyl sites for hydroxylation is 1. The van der Waals surface area contributed by atoms with Crippen molar-refractivity contribution < 1.29 is 0 Å². The molecule has 2 nitrogen and oxygen atoms in total. The van der Waals surface area contributed by atoms with Crippen molar-refractivity contribution in [3.63, 3.8) is 0 Å². The first-order chi connectivity index (χ1) is 9.60. The summed E-state index contributed by atoms with van der Waals surface area (Å²) in [6.07, 6.45) is 0. The molecule has 0 fully saturated rings. The molecule has 0 bridgehead atoms. The van der Waals surface area contributed by atoms with Gasteiger partial charge in [0.05, 0.1) is 27.6 Å². The molecular formula is C15H11Cl3N2. The van der Waals surface area contributed by atoms with Crippen molar-refractivity contribution in [3.05, 3.63) is 57.8 Å². The smallest absolute Gasteiger partial charge is 0.129 e. The SMILES string of the molecule is Cc1ccc2c(c1)nc(CCl)n2-c1cc(Cl)ccc1Cl. The highest BCUT2D eigenvalue weighted by Crippen LogP contribution is 2.30. The zero-order chi connectivity index (χ0) is 14.3. The molecule has 0 aliphatic rings. The second kappa shape index (κ2) is 5.28. The Morgan fingerprint density at radius 3 is 2.65 bits per heavy atom. The normalized spacial score (nSPS) is 11.2. The monoisotopic (exact) mass is 324 g/mol. The summed E-state index contributed by atoms with van der Waals surface area (Å²) in [7, 11) is 0. The minimum absolute atomic E-state index is 0.302. The Morgan fingerprint density at radius 2 is 1.90 bits per heavy atom. The Bertz CT molecular complexity index is 793. The maximum absolute atomic E-state index is 6.30. The van der Waals surface area contributed by atoms with Gasteiger partial charge in [-0.25, -0.2) is 4.98 Å². The maximum Gasteiger partial charge on any atom is 0.129 e. The van der Waals surface area contributed by atoms with Gasteiger partial charge in [0.2, 0.25) is 0 Å². The van der Waals surface area contributed by atoms with Gasteiger partial charge in [0.15, 0.2) is 0 Å². The molecule has 0 atom stereocenters. The van der Waals surface area contributed by atoms with Crippen LogP contribution >= 0.6 is 34.8 Å². The average molecular weight is 326 g/mol. The molecule has 20 heavy (non-hydrogen) atoms. The first-order valence-electron chi connectivity index (χ1n) is 6.09. The number of hydrogen-bond acceptors (Lipinski definition) is 1. The van der Waals surface area contributed by atoms with Crippen molar-refractivity contribution in [2.45, 2.75) is 12.8 Å². The van der Waals surface area contributed by atoms with Crippen LogP contribution in [0.5, 0.6) is 0 Å². The summed E-state index contributed by atoms with van der Waals surface area (Å²) in [6, 6.07) is 11.4. The van der Waals surface area contributed by atoms with Crippen LogP contribution in [0.4, 0.5) is 0 Å². The first kappa shape index (κ1) is 13.7. The fraction of sp³-hybridized carbons (Fsp3) is 0.133. The minimum Gasteiger partial charge on any atom is -0.294 e. The van der Waals surface area contributed by atoms with E-state index >= 15 is 0 Å². The standard InChI is InChI=1S/C15H11Cl3N2/c1-9-2-5-13-12(6-9)19-15(8-16)20(13)14-7-10(17)3-4-11(14)18/h2-7H,8H2,1H3. The lowest BCUT2D eigenvalue weighted by molar-refractivity contribution is 0.982. The van der Waals surface area contributed by atoms with Crippen molar-refractivity contribution in [2.24, 2.45) is 0 Å². The lowest BCUT2D eigenvalue weighted by atomic mass is 10.2. The molecule has 3 aromatic rings. The van der Waals surface area contributed by atoms with E-state index in [1.165, 1.54) is 0 Å².